The van der Waals surface area contributed by atoms with Crippen molar-refractivity contribution in [1.82, 2.24) is 9.88 Å². The Morgan fingerprint density at radius 2 is 2.33 bits per heavy atom. The summed E-state index contributed by atoms with van der Waals surface area (Å²) in [4.78, 5) is 26.9. The Labute approximate surface area is 103 Å². The molecule has 0 saturated carbocycles. The lowest BCUT2D eigenvalue weighted by molar-refractivity contribution is -0.0184. The van der Waals surface area contributed by atoms with Gasteiger partial charge in [0.1, 0.15) is 0 Å². The Morgan fingerprint density at radius 1 is 1.56 bits per heavy atom. The summed E-state index contributed by atoms with van der Waals surface area (Å²) in [5.41, 5.74) is -0.455. The van der Waals surface area contributed by atoms with Crippen LogP contribution in [0.4, 0.5) is 0 Å². The molecule has 1 unspecified atom stereocenters. The molecule has 7 heteroatoms. The first-order chi connectivity index (χ1) is 8.61. The van der Waals surface area contributed by atoms with Gasteiger partial charge in [0.2, 0.25) is 0 Å². The van der Waals surface area contributed by atoms with Crippen LogP contribution in [0.1, 0.15) is 10.4 Å². The maximum Gasteiger partial charge on any atom is 0.254 e. The highest BCUT2D eigenvalue weighted by Gasteiger charge is 2.27. The lowest BCUT2D eigenvalue weighted by atomic mass is 10.1. The van der Waals surface area contributed by atoms with E-state index >= 15 is 0 Å². The van der Waals surface area contributed by atoms with E-state index in [0.717, 1.165) is 6.07 Å². The first-order valence-corrected chi connectivity index (χ1v) is 5.54. The number of carbonyl (C=O) groups excluding carboxylic acids is 1. The van der Waals surface area contributed by atoms with E-state index < -0.39 is 17.5 Å². The summed E-state index contributed by atoms with van der Waals surface area (Å²) in [6.45, 7) is 0.785. The van der Waals surface area contributed by atoms with E-state index in [-0.39, 0.29) is 24.7 Å². The fourth-order valence-corrected chi connectivity index (χ4v) is 1.89. The lowest BCUT2D eigenvalue weighted by Gasteiger charge is -2.34. The summed E-state index contributed by atoms with van der Waals surface area (Å²) in [5, 5.41) is 18.4. The van der Waals surface area contributed by atoms with Crippen LogP contribution in [0.5, 0.6) is 5.88 Å². The van der Waals surface area contributed by atoms with Crippen molar-refractivity contribution in [3.8, 4) is 5.88 Å². The third kappa shape index (κ3) is 2.52. The third-order valence-electron chi connectivity index (χ3n) is 2.78. The van der Waals surface area contributed by atoms with Crippen LogP contribution >= 0.6 is 0 Å². The lowest BCUT2D eigenvalue weighted by Crippen LogP contribution is -2.50. The quantitative estimate of drug-likeness (QED) is 0.622. The fraction of sp³-hybridized carbons (Fsp3) is 0.455. The second-order valence-corrected chi connectivity index (χ2v) is 4.03. The van der Waals surface area contributed by atoms with Gasteiger partial charge in [0.15, 0.2) is 5.88 Å². The highest BCUT2D eigenvalue weighted by Crippen LogP contribution is 2.13. The number of carbonyl (C=O) groups is 1. The van der Waals surface area contributed by atoms with Crippen LogP contribution in [0.15, 0.2) is 16.9 Å². The second kappa shape index (κ2) is 5.19. The number of amides is 1. The molecule has 18 heavy (non-hydrogen) atoms. The number of hydrogen-bond acceptors (Lipinski definition) is 5. The Kier molecular flexibility index (Phi) is 3.63. The van der Waals surface area contributed by atoms with Gasteiger partial charge in [-0.05, 0) is 0 Å². The number of aliphatic hydroxyl groups is 1. The number of rotatable bonds is 2. The molecule has 1 aliphatic heterocycles. The van der Waals surface area contributed by atoms with Gasteiger partial charge >= 0.3 is 0 Å². The van der Waals surface area contributed by atoms with Crippen molar-refractivity contribution in [1.29, 1.82) is 0 Å². The van der Waals surface area contributed by atoms with Crippen molar-refractivity contribution in [2.24, 2.45) is 0 Å². The van der Waals surface area contributed by atoms with E-state index in [9.17, 15) is 19.8 Å². The zero-order valence-electron chi connectivity index (χ0n) is 9.63. The molecule has 1 aliphatic rings. The number of aromatic amines is 1. The molecule has 7 nitrogen and oxygen atoms in total. The van der Waals surface area contributed by atoms with E-state index in [1.54, 1.807) is 0 Å². The molecule has 2 heterocycles. The van der Waals surface area contributed by atoms with Crippen LogP contribution < -0.4 is 5.56 Å². The molecule has 0 spiro atoms. The predicted octanol–water partition coefficient (Wildman–Crippen LogP) is -1.09. The number of nitrogens with zero attached hydrogens (tertiary/aromatic N) is 1. The molecule has 1 fully saturated rings. The van der Waals surface area contributed by atoms with Gasteiger partial charge in [-0.3, -0.25) is 14.6 Å². The minimum atomic E-state index is -0.549. The van der Waals surface area contributed by atoms with Gasteiger partial charge in [-0.15, -0.1) is 0 Å². The Morgan fingerprint density at radius 3 is 3.00 bits per heavy atom. The van der Waals surface area contributed by atoms with Gasteiger partial charge in [0, 0.05) is 18.7 Å². The number of H-pyrrole nitrogens is 1. The predicted molar refractivity (Wildman–Crippen MR) is 61.5 cm³/mol. The molecule has 0 aromatic carbocycles. The van der Waals surface area contributed by atoms with Gasteiger partial charge in [-0.1, -0.05) is 0 Å². The van der Waals surface area contributed by atoms with E-state index in [0.29, 0.717) is 13.2 Å². The van der Waals surface area contributed by atoms with E-state index in [1.807, 2.05) is 0 Å². The number of ether oxygens (including phenoxy) is 1. The van der Waals surface area contributed by atoms with E-state index in [4.69, 9.17) is 4.74 Å². The minimum absolute atomic E-state index is 0.0941. The molecule has 0 aliphatic carbocycles. The van der Waals surface area contributed by atoms with Crippen molar-refractivity contribution in [3.05, 3.63) is 28.0 Å². The summed E-state index contributed by atoms with van der Waals surface area (Å²) < 4.78 is 5.17. The van der Waals surface area contributed by atoms with Crippen molar-refractivity contribution in [3.63, 3.8) is 0 Å². The monoisotopic (exact) mass is 254 g/mol. The van der Waals surface area contributed by atoms with E-state index in [1.165, 1.54) is 11.0 Å². The summed E-state index contributed by atoms with van der Waals surface area (Å²) in [6, 6.07) is 1.88. The largest absolute Gasteiger partial charge is 0.494 e. The number of aromatic hydroxyl groups is 1. The van der Waals surface area contributed by atoms with Crippen LogP contribution in [0, 0.1) is 0 Å². The second-order valence-electron chi connectivity index (χ2n) is 4.03. The zero-order chi connectivity index (χ0) is 13.1. The third-order valence-corrected chi connectivity index (χ3v) is 2.78. The van der Waals surface area contributed by atoms with E-state index in [2.05, 4.69) is 4.98 Å². The number of aliphatic hydroxyl groups excluding tert-OH is 1. The smallest absolute Gasteiger partial charge is 0.254 e. The number of nitrogens with one attached hydrogen (secondary N) is 1. The molecule has 1 aromatic rings. The first-order valence-electron chi connectivity index (χ1n) is 5.54. The van der Waals surface area contributed by atoms with Gasteiger partial charge in [-0.2, -0.15) is 0 Å². The molecular weight excluding hydrogens is 240 g/mol. The van der Waals surface area contributed by atoms with Crippen molar-refractivity contribution >= 4 is 5.91 Å². The number of morpholine rings is 1. The number of hydrogen-bond donors (Lipinski definition) is 3. The Bertz CT molecular complexity index is 498. The van der Waals surface area contributed by atoms with Gasteiger partial charge in [0.05, 0.1) is 31.4 Å². The average Bonchev–Trinajstić information content (AvgIpc) is 2.36. The average molecular weight is 254 g/mol. The zero-order valence-corrected chi connectivity index (χ0v) is 9.63. The molecule has 1 amide bonds. The molecule has 1 aromatic heterocycles. The van der Waals surface area contributed by atoms with Crippen molar-refractivity contribution < 1.29 is 19.7 Å². The topological polar surface area (TPSA) is 103 Å². The molecule has 0 radical (unpaired) electrons. The van der Waals surface area contributed by atoms with Crippen LogP contribution in [-0.4, -0.2) is 58.4 Å². The summed E-state index contributed by atoms with van der Waals surface area (Å²) in [7, 11) is 0. The van der Waals surface area contributed by atoms with Gasteiger partial charge in [-0.25, -0.2) is 0 Å². The van der Waals surface area contributed by atoms with Crippen LogP contribution in [0.3, 0.4) is 0 Å². The standard InChI is InChI=1S/C11H14N2O5/c14-5-8-6-18-2-1-13(8)11(17)7-3-9(15)12-10(16)4-7/h3-4,8,14H,1-2,5-6H2,(H2,12,15,16). The maximum atomic E-state index is 12.2. The molecular formula is C11H14N2O5. The Hall–Kier alpha value is -1.86. The van der Waals surface area contributed by atoms with Gasteiger partial charge < -0.3 is 19.8 Å². The van der Waals surface area contributed by atoms with Crippen LogP contribution in [-0.2, 0) is 4.74 Å². The number of pyridine rings is 1. The minimum Gasteiger partial charge on any atom is -0.494 e. The molecule has 1 saturated heterocycles. The van der Waals surface area contributed by atoms with Gasteiger partial charge in [0.25, 0.3) is 11.5 Å². The Balaban J connectivity index is 2.26. The van der Waals surface area contributed by atoms with Crippen molar-refractivity contribution in [2.75, 3.05) is 26.4 Å². The molecule has 3 N–H and O–H groups in total. The highest BCUT2D eigenvalue weighted by atomic mass is 16.5. The number of aromatic nitrogens is 1. The van der Waals surface area contributed by atoms with Crippen molar-refractivity contribution in [2.45, 2.75) is 6.04 Å². The SMILES string of the molecule is O=C(c1cc(O)[nH]c(=O)c1)N1CCOCC1CO. The molecule has 98 valence electrons. The fourth-order valence-electron chi connectivity index (χ4n) is 1.89. The van der Waals surface area contributed by atoms with Crippen LogP contribution in [0.25, 0.3) is 0 Å². The molecule has 2 rings (SSSR count). The molecule has 1 atom stereocenters. The normalized spacial score (nSPS) is 19.8. The summed E-state index contributed by atoms with van der Waals surface area (Å²) in [6.07, 6.45) is 0. The maximum absolute atomic E-state index is 12.2. The highest BCUT2D eigenvalue weighted by molar-refractivity contribution is 5.94. The summed E-state index contributed by atoms with van der Waals surface area (Å²) in [5.74, 6) is -0.765. The summed E-state index contributed by atoms with van der Waals surface area (Å²) >= 11 is 0. The molecule has 0 bridgehead atoms. The first kappa shape index (κ1) is 12.6. The van der Waals surface area contributed by atoms with Crippen LogP contribution in [0.2, 0.25) is 0 Å².